The SMILES string of the molecule is CCN=C1Nc2cc3c(cc2[NH+]([O-])N1)CC(N(C)C)C3. The van der Waals surface area contributed by atoms with Crippen LogP contribution in [0.25, 0.3) is 0 Å². The minimum Gasteiger partial charge on any atom is -0.603 e. The van der Waals surface area contributed by atoms with Crippen molar-refractivity contribution in [2.45, 2.75) is 25.8 Å². The molecule has 108 valence electrons. The van der Waals surface area contributed by atoms with Crippen molar-refractivity contribution in [3.05, 3.63) is 28.5 Å². The number of hydrogen-bond acceptors (Lipinski definition) is 3. The lowest BCUT2D eigenvalue weighted by Gasteiger charge is -2.30. The fourth-order valence-electron chi connectivity index (χ4n) is 2.88. The molecule has 0 saturated heterocycles. The summed E-state index contributed by atoms with van der Waals surface area (Å²) < 4.78 is 0. The van der Waals surface area contributed by atoms with Crippen LogP contribution in [0.3, 0.4) is 0 Å². The highest BCUT2D eigenvalue weighted by atomic mass is 16.5. The van der Waals surface area contributed by atoms with Gasteiger partial charge in [-0.25, -0.2) is 10.2 Å². The Morgan fingerprint density at radius 3 is 2.70 bits per heavy atom. The van der Waals surface area contributed by atoms with Crippen molar-refractivity contribution < 1.29 is 5.17 Å². The molecule has 3 N–H and O–H groups in total. The molecule has 2 atom stereocenters. The van der Waals surface area contributed by atoms with Gasteiger partial charge in [0.05, 0.1) is 0 Å². The number of nitrogens with one attached hydrogen (secondary N) is 3. The number of guanidine groups is 1. The first-order valence-corrected chi connectivity index (χ1v) is 7.03. The van der Waals surface area contributed by atoms with Gasteiger partial charge in [0.1, 0.15) is 5.69 Å². The Balaban J connectivity index is 1.93. The molecule has 6 nitrogen and oxygen atoms in total. The van der Waals surface area contributed by atoms with E-state index < -0.39 is 0 Å². The molecular formula is C14H21N5O. The van der Waals surface area contributed by atoms with Crippen molar-refractivity contribution in [1.29, 1.82) is 0 Å². The van der Waals surface area contributed by atoms with Crippen molar-refractivity contribution in [1.82, 2.24) is 10.3 Å². The zero-order valence-electron chi connectivity index (χ0n) is 12.2. The van der Waals surface area contributed by atoms with Crippen LogP contribution in [0.1, 0.15) is 18.1 Å². The summed E-state index contributed by atoms with van der Waals surface area (Å²) in [6, 6.07) is 4.66. The summed E-state index contributed by atoms with van der Waals surface area (Å²) in [6.07, 6.45) is 2.05. The molecule has 3 rings (SSSR count). The minimum absolute atomic E-state index is 0.0675. The highest BCUT2D eigenvalue weighted by Crippen LogP contribution is 2.32. The number of benzene rings is 1. The van der Waals surface area contributed by atoms with Crippen molar-refractivity contribution >= 4 is 17.3 Å². The lowest BCUT2D eigenvalue weighted by atomic mass is 10.1. The summed E-state index contributed by atoms with van der Waals surface area (Å²) >= 11 is 0. The molecule has 0 aromatic heterocycles. The van der Waals surface area contributed by atoms with Gasteiger partial charge in [0.2, 0.25) is 5.96 Å². The highest BCUT2D eigenvalue weighted by Gasteiger charge is 2.28. The van der Waals surface area contributed by atoms with Crippen molar-refractivity contribution in [3.63, 3.8) is 0 Å². The van der Waals surface area contributed by atoms with E-state index in [1.807, 2.05) is 13.0 Å². The first-order valence-electron chi connectivity index (χ1n) is 7.03. The molecular weight excluding hydrogens is 254 g/mol. The molecule has 0 saturated carbocycles. The molecule has 1 aliphatic carbocycles. The van der Waals surface area contributed by atoms with Gasteiger partial charge in [-0.3, -0.25) is 0 Å². The van der Waals surface area contributed by atoms with Gasteiger partial charge in [0.15, 0.2) is 5.69 Å². The Bertz CT molecular complexity index is 555. The summed E-state index contributed by atoms with van der Waals surface area (Å²) in [6.45, 7) is 2.59. The van der Waals surface area contributed by atoms with E-state index in [1.54, 1.807) is 0 Å². The molecule has 0 spiro atoms. The number of nitrogens with zero attached hydrogens (tertiary/aromatic N) is 2. The molecule has 6 heteroatoms. The van der Waals surface area contributed by atoms with Gasteiger partial charge in [0, 0.05) is 18.7 Å². The second kappa shape index (κ2) is 5.05. The van der Waals surface area contributed by atoms with Crippen LogP contribution in [0, 0.1) is 5.21 Å². The van der Waals surface area contributed by atoms with Crippen molar-refractivity contribution in [2.75, 3.05) is 26.0 Å². The van der Waals surface area contributed by atoms with Gasteiger partial charge >= 0.3 is 0 Å². The third-order valence-corrected chi connectivity index (χ3v) is 4.03. The van der Waals surface area contributed by atoms with Crippen molar-refractivity contribution in [2.24, 2.45) is 4.99 Å². The minimum atomic E-state index is -0.0675. The smallest absolute Gasteiger partial charge is 0.243 e. The maximum atomic E-state index is 12.1. The number of aliphatic imine (C=N–C) groups is 1. The fourth-order valence-corrected chi connectivity index (χ4v) is 2.88. The molecule has 1 aromatic carbocycles. The number of anilines is 1. The van der Waals surface area contributed by atoms with E-state index in [1.165, 1.54) is 11.1 Å². The third-order valence-electron chi connectivity index (χ3n) is 4.03. The Kier molecular flexibility index (Phi) is 3.37. The number of rotatable bonds is 2. The number of likely N-dealkylation sites (N-methyl/N-ethyl adjacent to an activating group) is 1. The predicted octanol–water partition coefficient (Wildman–Crippen LogP) is 0.0356. The highest BCUT2D eigenvalue weighted by molar-refractivity contribution is 5.96. The molecule has 0 bridgehead atoms. The van der Waals surface area contributed by atoms with E-state index in [4.69, 9.17) is 0 Å². The van der Waals surface area contributed by atoms with Crippen LogP contribution >= 0.6 is 0 Å². The quantitative estimate of drug-likeness (QED) is 0.667. The number of quaternary nitrogens is 1. The van der Waals surface area contributed by atoms with Gasteiger partial charge in [-0.05, 0) is 51.1 Å². The van der Waals surface area contributed by atoms with Gasteiger partial charge in [0.25, 0.3) is 0 Å². The zero-order valence-corrected chi connectivity index (χ0v) is 12.2. The van der Waals surface area contributed by atoms with Crippen LogP contribution < -0.4 is 15.9 Å². The summed E-state index contributed by atoms with van der Waals surface area (Å²) in [7, 11) is 4.21. The summed E-state index contributed by atoms with van der Waals surface area (Å²) in [5.41, 5.74) is 7.00. The van der Waals surface area contributed by atoms with Gasteiger partial charge in [-0.15, -0.1) is 0 Å². The second-order valence-electron chi connectivity index (χ2n) is 5.59. The average molecular weight is 275 g/mol. The van der Waals surface area contributed by atoms with E-state index in [0.717, 1.165) is 24.2 Å². The largest absolute Gasteiger partial charge is 0.603 e. The van der Waals surface area contributed by atoms with E-state index >= 15 is 0 Å². The molecule has 0 amide bonds. The van der Waals surface area contributed by atoms with Crippen LogP contribution in [0.15, 0.2) is 17.1 Å². The van der Waals surface area contributed by atoms with Gasteiger partial charge in [-0.1, -0.05) is 0 Å². The first kappa shape index (κ1) is 13.4. The lowest BCUT2D eigenvalue weighted by molar-refractivity contribution is -0.816. The van der Waals surface area contributed by atoms with E-state index in [-0.39, 0.29) is 5.17 Å². The fraction of sp³-hybridized carbons (Fsp3) is 0.500. The average Bonchev–Trinajstić information content (AvgIpc) is 2.80. The van der Waals surface area contributed by atoms with Crippen LogP contribution in [0.5, 0.6) is 0 Å². The standard InChI is InChI=1S/C14H21N5O/c1-4-15-14-16-12-7-9-5-11(18(2)3)6-10(9)8-13(12)19(20)17-14/h7-8,11,19H,4-6H2,1-3H3,(H2,15,16,17). The molecule has 2 aliphatic rings. The normalized spacial score (nSPS) is 26.1. The summed E-state index contributed by atoms with van der Waals surface area (Å²) in [5, 5.41) is 15.3. The van der Waals surface area contributed by atoms with Crippen LogP contribution in [0.2, 0.25) is 0 Å². The van der Waals surface area contributed by atoms with Crippen LogP contribution in [0.4, 0.5) is 11.4 Å². The lowest BCUT2D eigenvalue weighted by Crippen LogP contribution is -3.11. The monoisotopic (exact) mass is 275 g/mol. The van der Waals surface area contributed by atoms with Crippen LogP contribution in [-0.4, -0.2) is 37.5 Å². The molecule has 1 aromatic rings. The Morgan fingerprint density at radius 1 is 1.35 bits per heavy atom. The molecule has 1 heterocycles. The second-order valence-corrected chi connectivity index (χ2v) is 5.59. The summed E-state index contributed by atoms with van der Waals surface area (Å²) in [4.78, 5) is 6.48. The van der Waals surface area contributed by atoms with E-state index in [0.29, 0.717) is 18.5 Å². The molecule has 1 aliphatic heterocycles. The first-order chi connectivity index (χ1) is 9.58. The molecule has 2 unspecified atom stereocenters. The van der Waals surface area contributed by atoms with Crippen LogP contribution in [-0.2, 0) is 12.8 Å². The third kappa shape index (κ3) is 2.26. The Morgan fingerprint density at radius 2 is 2.05 bits per heavy atom. The number of fused-ring (bicyclic) bond motifs is 2. The van der Waals surface area contributed by atoms with E-state index in [2.05, 4.69) is 40.8 Å². The van der Waals surface area contributed by atoms with Crippen molar-refractivity contribution in [3.8, 4) is 0 Å². The maximum Gasteiger partial charge on any atom is 0.243 e. The molecule has 20 heavy (non-hydrogen) atoms. The topological polar surface area (TPSA) is 67.2 Å². The molecule has 0 fully saturated rings. The Hall–Kier alpha value is -1.63. The van der Waals surface area contributed by atoms with Gasteiger partial charge < -0.3 is 15.4 Å². The zero-order chi connectivity index (χ0) is 14.3. The summed E-state index contributed by atoms with van der Waals surface area (Å²) in [5.74, 6) is 0.548. The number of hydrogen-bond donors (Lipinski definition) is 3. The Labute approximate surface area is 119 Å². The van der Waals surface area contributed by atoms with Gasteiger partial charge in [-0.2, -0.15) is 5.43 Å². The predicted molar refractivity (Wildman–Crippen MR) is 80.0 cm³/mol. The molecule has 0 radical (unpaired) electrons. The maximum absolute atomic E-state index is 12.1. The van der Waals surface area contributed by atoms with E-state index in [9.17, 15) is 5.21 Å².